The van der Waals surface area contributed by atoms with Crippen LogP contribution in [-0.4, -0.2) is 22.1 Å². The first-order valence-electron chi connectivity index (χ1n) is 6.42. The predicted molar refractivity (Wildman–Crippen MR) is 84.7 cm³/mol. The molecule has 0 amide bonds. The van der Waals surface area contributed by atoms with Crippen molar-refractivity contribution in [2.45, 2.75) is 11.8 Å². The van der Waals surface area contributed by atoms with Crippen molar-refractivity contribution in [3.05, 3.63) is 53.6 Å². The molecule has 0 bridgehead atoms. The molecule has 0 fully saturated rings. The third kappa shape index (κ3) is 3.14. The first-order valence-corrected chi connectivity index (χ1v) is 8.24. The molecule has 0 atom stereocenters. The highest BCUT2D eigenvalue weighted by Crippen LogP contribution is 2.30. The topological polar surface area (TPSA) is 46.6 Å². The summed E-state index contributed by atoms with van der Waals surface area (Å²) in [5.41, 5.74) is 0.619. The van der Waals surface area contributed by atoms with Crippen molar-refractivity contribution >= 4 is 27.3 Å². The number of nitrogens with zero attached hydrogens (tertiary/aromatic N) is 1. The lowest BCUT2D eigenvalue weighted by atomic mass is 10.3. The summed E-state index contributed by atoms with van der Waals surface area (Å²) in [7, 11) is -2.21. The van der Waals surface area contributed by atoms with Crippen molar-refractivity contribution in [3.63, 3.8) is 0 Å². The van der Waals surface area contributed by atoms with Crippen molar-refractivity contribution in [2.75, 3.05) is 18.0 Å². The number of anilines is 1. The van der Waals surface area contributed by atoms with Gasteiger partial charge in [0.15, 0.2) is 0 Å². The molecule has 0 aliphatic heterocycles. The molecule has 2 rings (SSSR count). The number of halogens is 1. The average Bonchev–Trinajstić information content (AvgIpc) is 2.49. The fraction of sp³-hybridized carbons (Fsp3) is 0.200. The maximum absolute atomic E-state index is 12.8. The Labute approximate surface area is 130 Å². The Morgan fingerprint density at radius 1 is 1.14 bits per heavy atom. The fourth-order valence-corrected chi connectivity index (χ4v) is 3.70. The quantitative estimate of drug-likeness (QED) is 0.844. The monoisotopic (exact) mass is 325 g/mol. The first-order chi connectivity index (χ1) is 10.0. The largest absolute Gasteiger partial charge is 0.495 e. The molecule has 0 saturated heterocycles. The van der Waals surface area contributed by atoms with E-state index in [9.17, 15) is 8.42 Å². The van der Waals surface area contributed by atoms with E-state index >= 15 is 0 Å². The molecule has 0 aliphatic carbocycles. The van der Waals surface area contributed by atoms with Crippen molar-refractivity contribution in [1.29, 1.82) is 0 Å². The van der Waals surface area contributed by atoms with Crippen molar-refractivity contribution in [3.8, 4) is 5.75 Å². The number of hydrogen-bond acceptors (Lipinski definition) is 3. The van der Waals surface area contributed by atoms with E-state index in [4.69, 9.17) is 16.3 Å². The Morgan fingerprint density at radius 3 is 2.38 bits per heavy atom. The first kappa shape index (κ1) is 15.7. The molecule has 2 aromatic rings. The minimum Gasteiger partial charge on any atom is -0.495 e. The van der Waals surface area contributed by atoms with Crippen LogP contribution in [0.5, 0.6) is 5.75 Å². The molecular formula is C15H16ClNO3S. The van der Waals surface area contributed by atoms with Crippen molar-refractivity contribution in [2.24, 2.45) is 0 Å². The van der Waals surface area contributed by atoms with Gasteiger partial charge in [0.2, 0.25) is 0 Å². The summed E-state index contributed by atoms with van der Waals surface area (Å²) in [5, 5.41) is 0.374. The van der Waals surface area contributed by atoms with Crippen molar-refractivity contribution < 1.29 is 13.2 Å². The van der Waals surface area contributed by atoms with E-state index in [1.807, 2.05) is 6.07 Å². The van der Waals surface area contributed by atoms with Gasteiger partial charge in [-0.25, -0.2) is 8.42 Å². The van der Waals surface area contributed by atoms with E-state index in [-0.39, 0.29) is 4.90 Å². The highest BCUT2D eigenvalue weighted by atomic mass is 35.5. The maximum Gasteiger partial charge on any atom is 0.264 e. The summed E-state index contributed by atoms with van der Waals surface area (Å²) in [6.45, 7) is 2.12. The van der Waals surface area contributed by atoms with Gasteiger partial charge in [0.1, 0.15) is 5.75 Å². The van der Waals surface area contributed by atoms with Gasteiger partial charge in [0.05, 0.1) is 22.7 Å². The number of sulfonamides is 1. The van der Waals surface area contributed by atoms with E-state index in [2.05, 4.69) is 0 Å². The number of methoxy groups -OCH3 is 1. The molecule has 6 heteroatoms. The van der Waals surface area contributed by atoms with Crippen LogP contribution in [-0.2, 0) is 10.0 Å². The van der Waals surface area contributed by atoms with Crippen LogP contribution in [0.1, 0.15) is 6.92 Å². The van der Waals surface area contributed by atoms with E-state index in [1.54, 1.807) is 31.2 Å². The number of benzene rings is 2. The van der Waals surface area contributed by atoms with Crippen LogP contribution in [0.2, 0.25) is 5.02 Å². The standard InChI is InChI=1S/C15H16ClNO3S/c1-3-17(12-7-5-4-6-8-12)21(18,19)13-9-10-14(16)15(11-13)20-2/h4-11H,3H2,1-2H3. The highest BCUT2D eigenvalue weighted by Gasteiger charge is 2.24. The van der Waals surface area contributed by atoms with E-state index < -0.39 is 10.0 Å². The number of rotatable bonds is 5. The van der Waals surface area contributed by atoms with Crippen LogP contribution in [0, 0.1) is 0 Å². The molecule has 0 heterocycles. The molecule has 0 N–H and O–H groups in total. The molecule has 0 saturated carbocycles. The van der Waals surface area contributed by atoms with Gasteiger partial charge in [-0.1, -0.05) is 29.8 Å². The van der Waals surface area contributed by atoms with Gasteiger partial charge in [-0.15, -0.1) is 0 Å². The van der Waals surface area contributed by atoms with Crippen LogP contribution in [0.3, 0.4) is 0 Å². The normalized spacial score (nSPS) is 11.2. The Balaban J connectivity index is 2.50. The number of hydrogen-bond donors (Lipinski definition) is 0. The van der Waals surface area contributed by atoms with Crippen molar-refractivity contribution in [1.82, 2.24) is 0 Å². The van der Waals surface area contributed by atoms with E-state index in [0.29, 0.717) is 23.0 Å². The third-order valence-electron chi connectivity index (χ3n) is 3.04. The summed E-state index contributed by atoms with van der Waals surface area (Å²) in [5.74, 6) is 0.335. The SMILES string of the molecule is CCN(c1ccccc1)S(=O)(=O)c1ccc(Cl)c(OC)c1. The second kappa shape index (κ2) is 6.37. The van der Waals surface area contributed by atoms with Gasteiger partial charge in [0.25, 0.3) is 10.0 Å². The molecule has 4 nitrogen and oxygen atoms in total. The zero-order valence-corrected chi connectivity index (χ0v) is 13.4. The summed E-state index contributed by atoms with van der Waals surface area (Å²) >= 11 is 5.94. The number of ether oxygens (including phenoxy) is 1. The summed E-state index contributed by atoms with van der Waals surface area (Å²) < 4.78 is 32.0. The lowest BCUT2D eigenvalue weighted by Crippen LogP contribution is -2.30. The summed E-state index contributed by atoms with van der Waals surface area (Å²) in [6, 6.07) is 13.4. The minimum absolute atomic E-state index is 0.148. The molecule has 0 spiro atoms. The lowest BCUT2D eigenvalue weighted by Gasteiger charge is -2.23. The Hall–Kier alpha value is -1.72. The Morgan fingerprint density at radius 2 is 1.81 bits per heavy atom. The molecule has 0 aliphatic rings. The van der Waals surface area contributed by atoms with Gasteiger partial charge in [0, 0.05) is 12.6 Å². The smallest absolute Gasteiger partial charge is 0.264 e. The molecule has 112 valence electrons. The van der Waals surface area contributed by atoms with Gasteiger partial charge in [-0.2, -0.15) is 0 Å². The molecular weight excluding hydrogens is 310 g/mol. The maximum atomic E-state index is 12.8. The second-order valence-electron chi connectivity index (χ2n) is 4.30. The van der Waals surface area contributed by atoms with Gasteiger partial charge in [-0.05, 0) is 31.2 Å². The summed E-state index contributed by atoms with van der Waals surface area (Å²) in [4.78, 5) is 0.148. The molecule has 0 unspecified atom stereocenters. The Bertz CT molecular complexity index is 717. The molecule has 0 radical (unpaired) electrons. The van der Waals surface area contributed by atoms with Gasteiger partial charge >= 0.3 is 0 Å². The van der Waals surface area contributed by atoms with Crippen LogP contribution < -0.4 is 9.04 Å². The average molecular weight is 326 g/mol. The third-order valence-corrected chi connectivity index (χ3v) is 5.25. The van der Waals surface area contributed by atoms with E-state index in [1.165, 1.54) is 29.6 Å². The number of para-hydroxylation sites is 1. The molecule has 0 aromatic heterocycles. The lowest BCUT2D eigenvalue weighted by molar-refractivity contribution is 0.413. The van der Waals surface area contributed by atoms with Crippen LogP contribution >= 0.6 is 11.6 Å². The van der Waals surface area contributed by atoms with Crippen LogP contribution in [0.4, 0.5) is 5.69 Å². The highest BCUT2D eigenvalue weighted by molar-refractivity contribution is 7.92. The molecule has 21 heavy (non-hydrogen) atoms. The van der Waals surface area contributed by atoms with Crippen LogP contribution in [0.15, 0.2) is 53.4 Å². The predicted octanol–water partition coefficient (Wildman–Crippen LogP) is 3.56. The van der Waals surface area contributed by atoms with Gasteiger partial charge < -0.3 is 4.74 Å². The van der Waals surface area contributed by atoms with Gasteiger partial charge in [-0.3, -0.25) is 4.31 Å². The molecule has 2 aromatic carbocycles. The Kier molecular flexibility index (Phi) is 4.75. The van der Waals surface area contributed by atoms with E-state index in [0.717, 1.165) is 0 Å². The zero-order chi connectivity index (χ0) is 15.5. The second-order valence-corrected chi connectivity index (χ2v) is 6.57. The fourth-order valence-electron chi connectivity index (χ4n) is 2.01. The summed E-state index contributed by atoms with van der Waals surface area (Å²) in [6.07, 6.45) is 0. The minimum atomic E-state index is -3.66. The van der Waals surface area contributed by atoms with Crippen LogP contribution in [0.25, 0.3) is 0 Å². The zero-order valence-electron chi connectivity index (χ0n) is 11.8.